The molecule has 0 heteroatoms. The lowest BCUT2D eigenvalue weighted by Crippen LogP contribution is -2.15. The fourth-order valence-electron chi connectivity index (χ4n) is 7.92. The van der Waals surface area contributed by atoms with E-state index >= 15 is 0 Å². The highest BCUT2D eigenvalue weighted by Gasteiger charge is 2.36. The standard InChI is InChI=1S/C45H34/c1-45(2)43-27-33(20-22-40(43)41-23-21-34(28-44(41)45)32-19-18-29-10-3-4-11-30(29)24-32)31-13-9-14-35(25-31)42-26-36-12-5-6-15-37(36)38-16-7-8-17-39(38)42/h3-12,14-28,31H,13H2,1-2H3. The predicted molar refractivity (Wildman–Crippen MR) is 193 cm³/mol. The van der Waals surface area contributed by atoms with Gasteiger partial charge >= 0.3 is 0 Å². The van der Waals surface area contributed by atoms with Crippen LogP contribution in [0.2, 0.25) is 0 Å². The number of hydrogen-bond acceptors (Lipinski definition) is 0. The van der Waals surface area contributed by atoms with Crippen LogP contribution in [-0.2, 0) is 5.41 Å². The molecule has 45 heavy (non-hydrogen) atoms. The molecule has 0 aliphatic heterocycles. The van der Waals surface area contributed by atoms with Crippen molar-refractivity contribution in [2.24, 2.45) is 0 Å². The summed E-state index contributed by atoms with van der Waals surface area (Å²) < 4.78 is 0. The van der Waals surface area contributed by atoms with Gasteiger partial charge in [-0.2, -0.15) is 0 Å². The molecule has 1 atom stereocenters. The fourth-order valence-corrected chi connectivity index (χ4v) is 7.92. The zero-order valence-electron chi connectivity index (χ0n) is 25.7. The number of hydrogen-bond donors (Lipinski definition) is 0. The molecule has 0 heterocycles. The minimum atomic E-state index is -0.0703. The van der Waals surface area contributed by atoms with E-state index in [2.05, 4.69) is 166 Å². The Hall–Kier alpha value is -5.20. The second-order valence-electron chi connectivity index (χ2n) is 13.3. The average molecular weight is 575 g/mol. The maximum Gasteiger partial charge on any atom is 0.0159 e. The maximum atomic E-state index is 2.51. The van der Waals surface area contributed by atoms with Crippen molar-refractivity contribution in [2.45, 2.75) is 31.6 Å². The monoisotopic (exact) mass is 574 g/mol. The molecule has 1 unspecified atom stereocenters. The first-order valence-corrected chi connectivity index (χ1v) is 16.1. The van der Waals surface area contributed by atoms with E-state index < -0.39 is 0 Å². The zero-order valence-corrected chi connectivity index (χ0v) is 25.7. The van der Waals surface area contributed by atoms with Crippen LogP contribution in [0.4, 0.5) is 0 Å². The molecule has 0 radical (unpaired) electrons. The third-order valence-electron chi connectivity index (χ3n) is 10.4. The largest absolute Gasteiger partial charge is 0.0830 e. The van der Waals surface area contributed by atoms with E-state index in [0.717, 1.165) is 6.42 Å². The van der Waals surface area contributed by atoms with Gasteiger partial charge in [0.25, 0.3) is 0 Å². The van der Waals surface area contributed by atoms with E-state index in [1.807, 2.05) is 0 Å². The summed E-state index contributed by atoms with van der Waals surface area (Å²) in [7, 11) is 0. The summed E-state index contributed by atoms with van der Waals surface area (Å²) in [5.41, 5.74) is 12.1. The van der Waals surface area contributed by atoms with E-state index in [-0.39, 0.29) is 5.41 Å². The van der Waals surface area contributed by atoms with Crippen molar-refractivity contribution in [3.63, 3.8) is 0 Å². The smallest absolute Gasteiger partial charge is 0.0159 e. The third kappa shape index (κ3) is 4.13. The van der Waals surface area contributed by atoms with Gasteiger partial charge < -0.3 is 0 Å². The van der Waals surface area contributed by atoms with Crippen LogP contribution in [0.1, 0.15) is 48.4 Å². The van der Waals surface area contributed by atoms with E-state index in [0.29, 0.717) is 5.92 Å². The van der Waals surface area contributed by atoms with Crippen molar-refractivity contribution in [3.05, 3.63) is 174 Å². The van der Waals surface area contributed by atoms with E-state index in [9.17, 15) is 0 Å². The van der Waals surface area contributed by atoms with Crippen LogP contribution >= 0.6 is 0 Å². The lowest BCUT2D eigenvalue weighted by molar-refractivity contribution is 0.658. The molecule has 214 valence electrons. The molecular formula is C45H34. The van der Waals surface area contributed by atoms with Gasteiger partial charge in [0, 0.05) is 11.3 Å². The molecule has 0 fully saturated rings. The Kier molecular flexibility index (Phi) is 5.77. The average Bonchev–Trinajstić information content (AvgIpc) is 3.32. The van der Waals surface area contributed by atoms with Crippen molar-refractivity contribution >= 4 is 37.9 Å². The van der Waals surface area contributed by atoms with Crippen molar-refractivity contribution in [1.29, 1.82) is 0 Å². The van der Waals surface area contributed by atoms with Crippen molar-refractivity contribution in [2.75, 3.05) is 0 Å². The topological polar surface area (TPSA) is 0 Å². The summed E-state index contributed by atoms with van der Waals surface area (Å²) >= 11 is 0. The Morgan fingerprint density at radius 1 is 0.511 bits per heavy atom. The van der Waals surface area contributed by atoms with E-state index in [4.69, 9.17) is 0 Å². The van der Waals surface area contributed by atoms with Crippen LogP contribution in [0.25, 0.3) is 60.1 Å². The molecule has 2 aliphatic rings. The van der Waals surface area contributed by atoms with Gasteiger partial charge in [-0.05, 0) is 107 Å². The molecule has 0 bridgehead atoms. The Morgan fingerprint density at radius 2 is 1.16 bits per heavy atom. The van der Waals surface area contributed by atoms with Gasteiger partial charge in [-0.15, -0.1) is 0 Å². The summed E-state index contributed by atoms with van der Waals surface area (Å²) in [6.45, 7) is 4.80. The van der Waals surface area contributed by atoms with Crippen LogP contribution in [0.5, 0.6) is 0 Å². The number of allylic oxidation sites excluding steroid dienone is 4. The van der Waals surface area contributed by atoms with Gasteiger partial charge in [0.1, 0.15) is 0 Å². The highest BCUT2D eigenvalue weighted by atomic mass is 14.4. The third-order valence-corrected chi connectivity index (χ3v) is 10.4. The Balaban J connectivity index is 1.10. The summed E-state index contributed by atoms with van der Waals surface area (Å²) in [4.78, 5) is 0. The molecular weight excluding hydrogens is 540 g/mol. The van der Waals surface area contributed by atoms with Crippen molar-refractivity contribution in [3.8, 4) is 22.3 Å². The molecule has 0 spiro atoms. The number of benzene rings is 7. The molecule has 0 aromatic heterocycles. The number of rotatable bonds is 3. The van der Waals surface area contributed by atoms with Crippen molar-refractivity contribution < 1.29 is 0 Å². The molecule has 7 aromatic rings. The molecule has 0 nitrogen and oxygen atoms in total. The van der Waals surface area contributed by atoms with Gasteiger partial charge in [-0.1, -0.05) is 147 Å². The van der Waals surface area contributed by atoms with E-state index in [1.165, 1.54) is 82.4 Å². The van der Waals surface area contributed by atoms with Gasteiger partial charge in [0.2, 0.25) is 0 Å². The molecule has 0 saturated carbocycles. The predicted octanol–water partition coefficient (Wildman–Crippen LogP) is 12.2. The van der Waals surface area contributed by atoms with Gasteiger partial charge in [-0.3, -0.25) is 0 Å². The summed E-state index contributed by atoms with van der Waals surface area (Å²) in [6.07, 6.45) is 8.22. The van der Waals surface area contributed by atoms with Gasteiger partial charge in [0.15, 0.2) is 0 Å². The molecule has 0 amide bonds. The number of fused-ring (bicyclic) bond motifs is 7. The first kappa shape index (κ1) is 26.2. The highest BCUT2D eigenvalue weighted by molar-refractivity contribution is 6.12. The zero-order chi connectivity index (χ0) is 30.1. The minimum Gasteiger partial charge on any atom is -0.0830 e. The summed E-state index contributed by atoms with van der Waals surface area (Å²) in [5, 5.41) is 7.82. The van der Waals surface area contributed by atoms with Crippen LogP contribution in [-0.4, -0.2) is 0 Å². The molecule has 0 saturated heterocycles. The second kappa shape index (κ2) is 9.91. The Morgan fingerprint density at radius 3 is 2.00 bits per heavy atom. The molecule has 7 aromatic carbocycles. The second-order valence-corrected chi connectivity index (χ2v) is 13.3. The van der Waals surface area contributed by atoms with Crippen LogP contribution < -0.4 is 0 Å². The molecule has 0 N–H and O–H groups in total. The van der Waals surface area contributed by atoms with Crippen molar-refractivity contribution in [1.82, 2.24) is 0 Å². The normalized spacial score (nSPS) is 16.6. The van der Waals surface area contributed by atoms with Crippen LogP contribution in [0.3, 0.4) is 0 Å². The minimum absolute atomic E-state index is 0.0703. The quantitative estimate of drug-likeness (QED) is 0.184. The molecule has 9 rings (SSSR count). The maximum absolute atomic E-state index is 2.51. The fraction of sp³-hybridized carbons (Fsp3) is 0.111. The molecule has 2 aliphatic carbocycles. The highest BCUT2D eigenvalue weighted by Crippen LogP contribution is 2.51. The lowest BCUT2D eigenvalue weighted by atomic mass is 9.79. The van der Waals surface area contributed by atoms with Gasteiger partial charge in [-0.25, -0.2) is 0 Å². The van der Waals surface area contributed by atoms with Crippen LogP contribution in [0.15, 0.2) is 152 Å². The lowest BCUT2D eigenvalue weighted by Gasteiger charge is -2.24. The van der Waals surface area contributed by atoms with E-state index in [1.54, 1.807) is 0 Å². The summed E-state index contributed by atoms with van der Waals surface area (Å²) in [6, 6.07) is 49.8. The Labute approximate surface area is 265 Å². The first-order chi connectivity index (χ1) is 22.0. The summed E-state index contributed by atoms with van der Waals surface area (Å²) in [5.74, 6) is 0.341. The van der Waals surface area contributed by atoms with Gasteiger partial charge in [0.05, 0.1) is 0 Å². The SMILES string of the molecule is CC1(C)c2cc(-c3ccc4ccccc4c3)ccc2-c2ccc(C3C=C(c4cc5ccccc5c5ccccc45)C=CC3)cc21. The first-order valence-electron chi connectivity index (χ1n) is 16.1. The van der Waals surface area contributed by atoms with Crippen LogP contribution in [0, 0.1) is 0 Å². The Bertz CT molecular complexity index is 2380.